The normalized spacial score (nSPS) is 16.5. The second-order valence-corrected chi connectivity index (χ2v) is 8.08. The van der Waals surface area contributed by atoms with Crippen LogP contribution in [0.15, 0.2) is 98.3 Å². The van der Waals surface area contributed by atoms with Crippen LogP contribution in [0.25, 0.3) is 0 Å². The van der Waals surface area contributed by atoms with E-state index >= 15 is 0 Å². The lowest BCUT2D eigenvalue weighted by molar-refractivity contribution is 0.201. The number of hydrogen-bond donors (Lipinski definition) is 1. The molecule has 4 heteroatoms. The molecule has 1 aliphatic rings. The molecular weight excluding hydrogens is 336 g/mol. The highest BCUT2D eigenvalue weighted by Crippen LogP contribution is 2.47. The highest BCUT2D eigenvalue weighted by molar-refractivity contribution is 8.08. The molecule has 1 atom stereocenters. The van der Waals surface area contributed by atoms with E-state index < -0.39 is 0 Å². The van der Waals surface area contributed by atoms with Gasteiger partial charge in [0.05, 0.1) is 16.4 Å². The zero-order chi connectivity index (χ0) is 16.9. The molecular formula is C20H19O2S2+. The molecule has 2 aromatic rings. The summed E-state index contributed by atoms with van der Waals surface area (Å²) in [6.45, 7) is 8.32. The molecule has 3 rings (SSSR count). The fourth-order valence-corrected chi connectivity index (χ4v) is 6.16. The number of ether oxygens (including phenoxy) is 1. The van der Waals surface area contributed by atoms with Gasteiger partial charge in [-0.2, -0.15) is 0 Å². The number of benzene rings is 2. The lowest BCUT2D eigenvalue weighted by Crippen LogP contribution is -2.12. The molecule has 0 bridgehead atoms. The standard InChI is InChI=1S/C20H19O2S2/c1-3-17-19(4-2)24(20-8-6-5-7-18(20)23-17)16-11-9-15(10-12-16)22-14-13-21/h3-12,21H,1-2,13-14H2/q+1. The van der Waals surface area contributed by atoms with Gasteiger partial charge in [0.2, 0.25) is 0 Å². The molecule has 1 heterocycles. The zero-order valence-electron chi connectivity index (χ0n) is 13.3. The van der Waals surface area contributed by atoms with Crippen LogP contribution in [-0.2, 0) is 10.9 Å². The summed E-state index contributed by atoms with van der Waals surface area (Å²) in [5, 5.41) is 8.87. The molecule has 1 N–H and O–H groups in total. The summed E-state index contributed by atoms with van der Waals surface area (Å²) < 4.78 is 5.46. The van der Waals surface area contributed by atoms with Crippen LogP contribution in [0.5, 0.6) is 5.75 Å². The maximum Gasteiger partial charge on any atom is 0.180 e. The first-order valence-electron chi connectivity index (χ1n) is 7.62. The minimum Gasteiger partial charge on any atom is -0.491 e. The summed E-state index contributed by atoms with van der Waals surface area (Å²) in [4.78, 5) is 6.16. The highest BCUT2D eigenvalue weighted by atomic mass is 32.2. The van der Waals surface area contributed by atoms with Crippen molar-refractivity contribution in [2.75, 3.05) is 13.2 Å². The number of fused-ring (bicyclic) bond motifs is 1. The van der Waals surface area contributed by atoms with E-state index in [1.54, 1.807) is 11.8 Å². The van der Waals surface area contributed by atoms with E-state index in [0.29, 0.717) is 6.61 Å². The molecule has 122 valence electrons. The molecule has 0 aliphatic carbocycles. The van der Waals surface area contributed by atoms with E-state index in [-0.39, 0.29) is 17.5 Å². The first-order valence-corrected chi connectivity index (χ1v) is 9.66. The van der Waals surface area contributed by atoms with Gasteiger partial charge in [0.25, 0.3) is 0 Å². The number of aliphatic hydroxyl groups is 1. The molecule has 2 nitrogen and oxygen atoms in total. The fourth-order valence-electron chi connectivity index (χ4n) is 2.51. The topological polar surface area (TPSA) is 29.5 Å². The third kappa shape index (κ3) is 3.31. The van der Waals surface area contributed by atoms with Crippen LogP contribution < -0.4 is 4.74 Å². The monoisotopic (exact) mass is 355 g/mol. The van der Waals surface area contributed by atoms with E-state index in [1.807, 2.05) is 24.3 Å². The molecule has 0 saturated heterocycles. The van der Waals surface area contributed by atoms with Crippen LogP contribution >= 0.6 is 11.8 Å². The van der Waals surface area contributed by atoms with Gasteiger partial charge in [0.1, 0.15) is 23.3 Å². The average molecular weight is 356 g/mol. The first-order chi connectivity index (χ1) is 11.8. The predicted octanol–water partition coefficient (Wildman–Crippen LogP) is 4.78. The zero-order valence-corrected chi connectivity index (χ0v) is 14.9. The molecule has 0 saturated carbocycles. The van der Waals surface area contributed by atoms with E-state index in [2.05, 4.69) is 49.6 Å². The van der Waals surface area contributed by atoms with E-state index in [1.165, 1.54) is 19.6 Å². The molecule has 0 aromatic heterocycles. The van der Waals surface area contributed by atoms with Crippen LogP contribution in [0, 0.1) is 0 Å². The van der Waals surface area contributed by atoms with E-state index in [0.717, 1.165) is 10.7 Å². The lowest BCUT2D eigenvalue weighted by Gasteiger charge is -2.19. The molecule has 1 aliphatic heterocycles. The maximum absolute atomic E-state index is 8.87. The van der Waals surface area contributed by atoms with Crippen molar-refractivity contribution in [3.8, 4) is 5.75 Å². The van der Waals surface area contributed by atoms with Crippen LogP contribution in [-0.4, -0.2) is 18.3 Å². The summed E-state index contributed by atoms with van der Waals surface area (Å²) in [5.74, 6) is 0.768. The van der Waals surface area contributed by atoms with Crippen molar-refractivity contribution in [3.05, 3.63) is 83.7 Å². The Morgan fingerprint density at radius 3 is 2.46 bits per heavy atom. The molecule has 0 radical (unpaired) electrons. The Bertz CT molecular complexity index is 778. The van der Waals surface area contributed by atoms with E-state index in [9.17, 15) is 0 Å². The van der Waals surface area contributed by atoms with Crippen molar-refractivity contribution in [3.63, 3.8) is 0 Å². The number of rotatable bonds is 6. The van der Waals surface area contributed by atoms with Gasteiger partial charge in [0, 0.05) is 0 Å². The summed E-state index contributed by atoms with van der Waals surface area (Å²) in [6, 6.07) is 16.6. The Hall–Kier alpha value is -1.88. The van der Waals surface area contributed by atoms with Crippen LogP contribution in [0.3, 0.4) is 0 Å². The first kappa shape index (κ1) is 17.0. The van der Waals surface area contributed by atoms with Gasteiger partial charge in [0.15, 0.2) is 14.7 Å². The molecule has 2 aromatic carbocycles. The smallest absolute Gasteiger partial charge is 0.180 e. The molecule has 1 unspecified atom stereocenters. The number of allylic oxidation sites excluding steroid dienone is 2. The fraction of sp³-hybridized carbons (Fsp3) is 0.100. The Morgan fingerprint density at radius 2 is 1.79 bits per heavy atom. The van der Waals surface area contributed by atoms with Gasteiger partial charge in [-0.25, -0.2) is 0 Å². The van der Waals surface area contributed by atoms with Crippen LogP contribution in [0.2, 0.25) is 0 Å². The van der Waals surface area contributed by atoms with Crippen LogP contribution in [0.1, 0.15) is 0 Å². The Labute approximate surface area is 149 Å². The number of hydrogen-bond acceptors (Lipinski definition) is 3. The van der Waals surface area contributed by atoms with Gasteiger partial charge >= 0.3 is 0 Å². The van der Waals surface area contributed by atoms with Crippen molar-refractivity contribution in [2.24, 2.45) is 0 Å². The van der Waals surface area contributed by atoms with Crippen molar-refractivity contribution in [1.29, 1.82) is 0 Å². The minimum absolute atomic E-state index is 0.0166. The van der Waals surface area contributed by atoms with Crippen molar-refractivity contribution < 1.29 is 9.84 Å². The predicted molar refractivity (Wildman–Crippen MR) is 103 cm³/mol. The molecule has 0 fully saturated rings. The Kier molecular flexibility index (Phi) is 5.51. The lowest BCUT2D eigenvalue weighted by atomic mass is 10.3. The second kappa shape index (κ2) is 7.79. The van der Waals surface area contributed by atoms with Gasteiger partial charge in [-0.05, 0) is 42.5 Å². The third-order valence-electron chi connectivity index (χ3n) is 3.54. The third-order valence-corrected chi connectivity index (χ3v) is 7.35. The highest BCUT2D eigenvalue weighted by Gasteiger charge is 2.37. The van der Waals surface area contributed by atoms with Gasteiger partial charge in [-0.3, -0.25) is 0 Å². The summed E-state index contributed by atoms with van der Waals surface area (Å²) in [5.41, 5.74) is 0. The largest absolute Gasteiger partial charge is 0.491 e. The van der Waals surface area contributed by atoms with Gasteiger partial charge < -0.3 is 9.84 Å². The molecule has 24 heavy (non-hydrogen) atoms. The SMILES string of the molecule is C=CC1=C(C=C)[S+](c2ccc(OCCO)cc2)c2ccccc2S1. The maximum atomic E-state index is 8.87. The van der Waals surface area contributed by atoms with Gasteiger partial charge in [-0.1, -0.05) is 43.1 Å². The number of aliphatic hydroxyl groups excluding tert-OH is 1. The Morgan fingerprint density at radius 1 is 1.04 bits per heavy atom. The summed E-state index contributed by atoms with van der Waals surface area (Å²) in [7, 11) is -0.200. The van der Waals surface area contributed by atoms with Gasteiger partial charge in [-0.15, -0.1) is 0 Å². The quantitative estimate of drug-likeness (QED) is 0.756. The Balaban J connectivity index is 2.04. The summed E-state index contributed by atoms with van der Waals surface area (Å²) in [6.07, 6.45) is 3.86. The van der Waals surface area contributed by atoms with Crippen LogP contribution in [0.4, 0.5) is 0 Å². The number of thioether (sulfide) groups is 1. The van der Waals surface area contributed by atoms with Crippen molar-refractivity contribution in [2.45, 2.75) is 14.7 Å². The van der Waals surface area contributed by atoms with Crippen molar-refractivity contribution >= 4 is 22.7 Å². The molecule has 0 spiro atoms. The molecule has 0 amide bonds. The summed E-state index contributed by atoms with van der Waals surface area (Å²) >= 11 is 1.75. The average Bonchev–Trinajstić information content (AvgIpc) is 2.65. The second-order valence-electron chi connectivity index (χ2n) is 5.04. The van der Waals surface area contributed by atoms with Crippen molar-refractivity contribution in [1.82, 2.24) is 0 Å². The minimum atomic E-state index is -0.200. The van der Waals surface area contributed by atoms with E-state index in [4.69, 9.17) is 9.84 Å².